The molecule has 2 nitrogen and oxygen atoms in total. The lowest BCUT2D eigenvalue weighted by atomic mass is 9.96. The Morgan fingerprint density at radius 2 is 1.94 bits per heavy atom. The number of nitrogens with two attached hydrogens (primary N) is 1. The second-order valence-corrected chi connectivity index (χ2v) is 4.89. The third-order valence-electron chi connectivity index (χ3n) is 3.52. The predicted molar refractivity (Wildman–Crippen MR) is 74.4 cm³/mol. The molecule has 0 bridgehead atoms. The number of H-pyrrole nitrogens is 1. The monoisotopic (exact) mass is 230 g/mol. The van der Waals surface area contributed by atoms with E-state index in [0.29, 0.717) is 0 Å². The Kier molecular flexibility index (Phi) is 3.25. The summed E-state index contributed by atoms with van der Waals surface area (Å²) in [5.41, 5.74) is 12.7. The van der Waals surface area contributed by atoms with Crippen molar-refractivity contribution in [2.24, 2.45) is 5.73 Å². The lowest BCUT2D eigenvalue weighted by molar-refractivity contribution is 0.694. The van der Waals surface area contributed by atoms with Gasteiger partial charge in [0.15, 0.2) is 0 Å². The molecule has 3 N–H and O–H groups in total. The molecule has 0 aliphatic rings. The average Bonchev–Trinajstić information content (AvgIpc) is 2.66. The normalized spacial score (nSPS) is 13.2. The first-order chi connectivity index (χ1) is 8.08. The molecule has 2 rings (SSSR count). The van der Waals surface area contributed by atoms with Crippen molar-refractivity contribution in [3.63, 3.8) is 0 Å². The zero-order valence-electron chi connectivity index (χ0n) is 11.2. The molecule has 0 saturated carbocycles. The highest BCUT2D eigenvalue weighted by Crippen LogP contribution is 2.32. The molecule has 0 spiro atoms. The van der Waals surface area contributed by atoms with Crippen LogP contribution in [0.5, 0.6) is 0 Å². The number of rotatable bonds is 3. The molecule has 92 valence electrons. The zero-order chi connectivity index (χ0) is 12.6. The number of aryl methyl sites for hydroxylation is 3. The Balaban J connectivity index is 2.78. The summed E-state index contributed by atoms with van der Waals surface area (Å²) in [5.74, 6) is 0. The van der Waals surface area contributed by atoms with Gasteiger partial charge >= 0.3 is 0 Å². The van der Waals surface area contributed by atoms with Gasteiger partial charge in [0.25, 0.3) is 0 Å². The molecule has 1 atom stereocenters. The maximum Gasteiger partial charge on any atom is 0.0464 e. The zero-order valence-corrected chi connectivity index (χ0v) is 11.2. The summed E-state index contributed by atoms with van der Waals surface area (Å²) in [5, 5.41) is 1.34. The van der Waals surface area contributed by atoms with Crippen molar-refractivity contribution in [2.45, 2.75) is 46.6 Å². The van der Waals surface area contributed by atoms with Crippen molar-refractivity contribution in [3.05, 3.63) is 34.5 Å². The molecule has 0 fully saturated rings. The highest BCUT2D eigenvalue weighted by atomic mass is 14.8. The van der Waals surface area contributed by atoms with Crippen LogP contribution in [0.15, 0.2) is 12.1 Å². The SMILES string of the molecule is CCc1[nH]c2cc(C)cc(C)c2c1C(N)CC. The molecule has 2 heteroatoms. The van der Waals surface area contributed by atoms with Crippen LogP contribution in [-0.2, 0) is 6.42 Å². The van der Waals surface area contributed by atoms with Crippen LogP contribution in [-0.4, -0.2) is 4.98 Å². The van der Waals surface area contributed by atoms with Gasteiger partial charge in [0.1, 0.15) is 0 Å². The highest BCUT2D eigenvalue weighted by Gasteiger charge is 2.17. The van der Waals surface area contributed by atoms with Crippen LogP contribution in [0, 0.1) is 13.8 Å². The maximum atomic E-state index is 6.27. The summed E-state index contributed by atoms with van der Waals surface area (Å²) in [6, 6.07) is 4.59. The van der Waals surface area contributed by atoms with E-state index in [0.717, 1.165) is 12.8 Å². The standard InChI is InChI=1S/C15H22N2/c1-5-11(16)15-12(6-2)17-13-8-9(3)7-10(4)14(13)15/h7-8,11,17H,5-6,16H2,1-4H3. The van der Waals surface area contributed by atoms with E-state index in [2.05, 4.69) is 44.8 Å². The number of benzene rings is 1. The minimum absolute atomic E-state index is 0.139. The minimum Gasteiger partial charge on any atom is -0.358 e. The van der Waals surface area contributed by atoms with Gasteiger partial charge in [-0.2, -0.15) is 0 Å². The number of aromatic amines is 1. The van der Waals surface area contributed by atoms with Crippen molar-refractivity contribution in [1.82, 2.24) is 4.98 Å². The van der Waals surface area contributed by atoms with Gasteiger partial charge < -0.3 is 10.7 Å². The summed E-state index contributed by atoms with van der Waals surface area (Å²) in [6.45, 7) is 8.64. The Labute approximate surface area is 103 Å². The molecule has 2 aromatic rings. The molecule has 0 saturated heterocycles. The molecule has 0 aliphatic heterocycles. The minimum atomic E-state index is 0.139. The first kappa shape index (κ1) is 12.2. The molecule has 1 aromatic heterocycles. The van der Waals surface area contributed by atoms with Crippen LogP contribution in [0.3, 0.4) is 0 Å². The second kappa shape index (κ2) is 4.53. The van der Waals surface area contributed by atoms with Crippen molar-refractivity contribution in [2.75, 3.05) is 0 Å². The van der Waals surface area contributed by atoms with Crippen LogP contribution < -0.4 is 5.73 Å². The summed E-state index contributed by atoms with van der Waals surface area (Å²) in [4.78, 5) is 3.53. The smallest absolute Gasteiger partial charge is 0.0464 e. The van der Waals surface area contributed by atoms with E-state index in [4.69, 9.17) is 5.73 Å². The Bertz CT molecular complexity index is 537. The summed E-state index contributed by atoms with van der Waals surface area (Å²) < 4.78 is 0. The van der Waals surface area contributed by atoms with Gasteiger partial charge in [-0.25, -0.2) is 0 Å². The molecular formula is C15H22N2. The number of fused-ring (bicyclic) bond motifs is 1. The summed E-state index contributed by atoms with van der Waals surface area (Å²) >= 11 is 0. The van der Waals surface area contributed by atoms with Crippen LogP contribution in [0.1, 0.15) is 48.7 Å². The first-order valence-electron chi connectivity index (χ1n) is 6.45. The van der Waals surface area contributed by atoms with E-state index in [1.54, 1.807) is 0 Å². The molecule has 1 heterocycles. The van der Waals surface area contributed by atoms with Crippen LogP contribution >= 0.6 is 0 Å². The molecule has 0 radical (unpaired) electrons. The van der Waals surface area contributed by atoms with Crippen LogP contribution in [0.4, 0.5) is 0 Å². The van der Waals surface area contributed by atoms with Crippen molar-refractivity contribution >= 4 is 10.9 Å². The fourth-order valence-electron chi connectivity index (χ4n) is 2.70. The van der Waals surface area contributed by atoms with Gasteiger partial charge in [-0.05, 0) is 49.4 Å². The number of hydrogen-bond donors (Lipinski definition) is 2. The average molecular weight is 230 g/mol. The van der Waals surface area contributed by atoms with Gasteiger partial charge in [0.2, 0.25) is 0 Å². The molecule has 0 aliphatic carbocycles. The first-order valence-corrected chi connectivity index (χ1v) is 6.45. The lowest BCUT2D eigenvalue weighted by Crippen LogP contribution is -2.10. The predicted octanol–water partition coefficient (Wildman–Crippen LogP) is 3.76. The topological polar surface area (TPSA) is 41.8 Å². The Hall–Kier alpha value is -1.28. The lowest BCUT2D eigenvalue weighted by Gasteiger charge is -2.11. The molecule has 1 aromatic carbocycles. The quantitative estimate of drug-likeness (QED) is 0.828. The van der Waals surface area contributed by atoms with E-state index in [1.807, 2.05) is 0 Å². The van der Waals surface area contributed by atoms with Gasteiger partial charge in [-0.3, -0.25) is 0 Å². The van der Waals surface area contributed by atoms with Gasteiger partial charge in [0.05, 0.1) is 0 Å². The number of hydrogen-bond acceptors (Lipinski definition) is 1. The Morgan fingerprint density at radius 3 is 2.53 bits per heavy atom. The number of nitrogens with one attached hydrogen (secondary N) is 1. The fourth-order valence-corrected chi connectivity index (χ4v) is 2.70. The van der Waals surface area contributed by atoms with Gasteiger partial charge in [0, 0.05) is 22.6 Å². The summed E-state index contributed by atoms with van der Waals surface area (Å²) in [6.07, 6.45) is 1.99. The highest BCUT2D eigenvalue weighted by molar-refractivity contribution is 5.89. The van der Waals surface area contributed by atoms with Crippen LogP contribution in [0.25, 0.3) is 10.9 Å². The maximum absolute atomic E-state index is 6.27. The van der Waals surface area contributed by atoms with E-state index >= 15 is 0 Å². The molecule has 17 heavy (non-hydrogen) atoms. The molecule has 1 unspecified atom stereocenters. The van der Waals surface area contributed by atoms with Crippen molar-refractivity contribution in [3.8, 4) is 0 Å². The van der Waals surface area contributed by atoms with Crippen molar-refractivity contribution in [1.29, 1.82) is 0 Å². The molecule has 0 amide bonds. The third-order valence-corrected chi connectivity index (χ3v) is 3.52. The van der Waals surface area contributed by atoms with Gasteiger partial charge in [-0.1, -0.05) is 19.9 Å². The Morgan fingerprint density at radius 1 is 1.24 bits per heavy atom. The third kappa shape index (κ3) is 1.98. The number of aromatic nitrogens is 1. The second-order valence-electron chi connectivity index (χ2n) is 4.89. The van der Waals surface area contributed by atoms with E-state index in [1.165, 1.54) is 33.3 Å². The van der Waals surface area contributed by atoms with Crippen molar-refractivity contribution < 1.29 is 0 Å². The summed E-state index contributed by atoms with van der Waals surface area (Å²) in [7, 11) is 0. The van der Waals surface area contributed by atoms with E-state index in [-0.39, 0.29) is 6.04 Å². The van der Waals surface area contributed by atoms with Crippen LogP contribution in [0.2, 0.25) is 0 Å². The molecular weight excluding hydrogens is 208 g/mol. The van der Waals surface area contributed by atoms with E-state index < -0.39 is 0 Å². The fraction of sp³-hybridized carbons (Fsp3) is 0.467. The largest absolute Gasteiger partial charge is 0.358 e. The van der Waals surface area contributed by atoms with E-state index in [9.17, 15) is 0 Å². The van der Waals surface area contributed by atoms with Gasteiger partial charge in [-0.15, -0.1) is 0 Å².